The van der Waals surface area contributed by atoms with Crippen molar-refractivity contribution < 1.29 is 24.6 Å². The highest BCUT2D eigenvalue weighted by Gasteiger charge is 2.20. The summed E-state index contributed by atoms with van der Waals surface area (Å²) >= 11 is 0. The van der Waals surface area contributed by atoms with E-state index in [1.165, 1.54) is 13.8 Å². The van der Waals surface area contributed by atoms with Gasteiger partial charge in [0.2, 0.25) is 11.8 Å². The van der Waals surface area contributed by atoms with Crippen molar-refractivity contribution in [3.05, 3.63) is 0 Å². The van der Waals surface area contributed by atoms with E-state index in [2.05, 4.69) is 10.6 Å². The first-order valence-corrected chi connectivity index (χ1v) is 4.99. The first-order chi connectivity index (χ1) is 7.75. The fourth-order valence-electron chi connectivity index (χ4n) is 0.859. The van der Waals surface area contributed by atoms with Crippen LogP contribution >= 0.6 is 0 Å². The van der Waals surface area contributed by atoms with Crippen LogP contribution in [-0.4, -0.2) is 52.7 Å². The lowest BCUT2D eigenvalue weighted by molar-refractivity contribution is -0.141. The van der Waals surface area contributed by atoms with Gasteiger partial charge >= 0.3 is 5.97 Å². The fourth-order valence-corrected chi connectivity index (χ4v) is 0.859. The largest absolute Gasteiger partial charge is 0.480 e. The first-order valence-electron chi connectivity index (χ1n) is 4.99. The quantitative estimate of drug-likeness (QED) is 0.348. The van der Waals surface area contributed by atoms with Crippen LogP contribution in [0.15, 0.2) is 0 Å². The Labute approximate surface area is 98.2 Å². The summed E-state index contributed by atoms with van der Waals surface area (Å²) in [6, 6.07) is -2.16. The molecule has 0 aliphatic rings. The number of amides is 2. The Kier molecular flexibility index (Phi) is 6.15. The molecule has 0 heterocycles. The van der Waals surface area contributed by atoms with Gasteiger partial charge in [0.15, 0.2) is 0 Å². The third-order valence-electron chi connectivity index (χ3n) is 1.99. The van der Waals surface area contributed by atoms with Gasteiger partial charge in [-0.05, 0) is 13.8 Å². The average Bonchev–Trinajstić information content (AvgIpc) is 2.24. The van der Waals surface area contributed by atoms with Crippen molar-refractivity contribution in [1.29, 1.82) is 0 Å². The summed E-state index contributed by atoms with van der Waals surface area (Å²) in [7, 11) is 0. The van der Waals surface area contributed by atoms with Gasteiger partial charge in [-0.1, -0.05) is 0 Å². The topological polar surface area (TPSA) is 142 Å². The molecule has 0 aliphatic carbocycles. The second-order valence-corrected chi connectivity index (χ2v) is 3.61. The number of hydrogen-bond acceptors (Lipinski definition) is 5. The van der Waals surface area contributed by atoms with Gasteiger partial charge in [-0.15, -0.1) is 0 Å². The van der Waals surface area contributed by atoms with E-state index in [9.17, 15) is 14.4 Å². The van der Waals surface area contributed by atoms with Crippen LogP contribution in [0.4, 0.5) is 0 Å². The second kappa shape index (κ2) is 6.81. The normalized spacial score (nSPS) is 15.5. The van der Waals surface area contributed by atoms with Gasteiger partial charge in [-0.25, -0.2) is 0 Å². The summed E-state index contributed by atoms with van der Waals surface area (Å²) in [6.07, 6.45) is -1.03. The van der Waals surface area contributed by atoms with Crippen molar-refractivity contribution in [2.45, 2.75) is 32.0 Å². The zero-order valence-electron chi connectivity index (χ0n) is 9.64. The molecule has 0 aromatic rings. The molecular formula is C9H17N3O5. The van der Waals surface area contributed by atoms with Crippen molar-refractivity contribution in [2.24, 2.45) is 5.73 Å². The molecule has 8 heteroatoms. The number of aliphatic hydroxyl groups is 1. The smallest absolute Gasteiger partial charge is 0.325 e. The van der Waals surface area contributed by atoms with Crippen LogP contribution in [0.25, 0.3) is 0 Å². The molecule has 0 saturated carbocycles. The van der Waals surface area contributed by atoms with Crippen LogP contribution in [0.1, 0.15) is 13.8 Å². The van der Waals surface area contributed by atoms with Crippen LogP contribution in [0.3, 0.4) is 0 Å². The van der Waals surface area contributed by atoms with Gasteiger partial charge in [-0.2, -0.15) is 0 Å². The Bertz CT molecular complexity index is 305. The Hall–Kier alpha value is -1.67. The minimum atomic E-state index is -1.18. The Morgan fingerprint density at radius 1 is 1.29 bits per heavy atom. The van der Waals surface area contributed by atoms with E-state index in [1.54, 1.807) is 0 Å². The number of rotatable bonds is 6. The number of nitrogens with two attached hydrogens (primary N) is 1. The van der Waals surface area contributed by atoms with Crippen molar-refractivity contribution in [2.75, 3.05) is 6.54 Å². The summed E-state index contributed by atoms with van der Waals surface area (Å²) in [5.41, 5.74) is 5.31. The standard InChI is InChI=1S/C9H17N3O5/c1-4(9(16)17)12-6(14)3-11-8(15)7(10)5(2)13/h4-5,7,13H,3,10H2,1-2H3,(H,11,15)(H,12,14)(H,16,17). The van der Waals surface area contributed by atoms with E-state index in [0.717, 1.165) is 0 Å². The number of nitrogens with one attached hydrogen (secondary N) is 2. The lowest BCUT2D eigenvalue weighted by atomic mass is 10.2. The van der Waals surface area contributed by atoms with Crippen molar-refractivity contribution in [3.63, 3.8) is 0 Å². The highest BCUT2D eigenvalue weighted by molar-refractivity contribution is 5.89. The first kappa shape index (κ1) is 15.3. The average molecular weight is 247 g/mol. The van der Waals surface area contributed by atoms with Crippen LogP contribution in [0, 0.1) is 0 Å². The lowest BCUT2D eigenvalue weighted by Gasteiger charge is -2.15. The van der Waals surface area contributed by atoms with Crippen LogP contribution in [0.5, 0.6) is 0 Å². The molecule has 2 amide bonds. The van der Waals surface area contributed by atoms with Crippen molar-refractivity contribution >= 4 is 17.8 Å². The van der Waals surface area contributed by atoms with Crippen molar-refractivity contribution in [1.82, 2.24) is 10.6 Å². The van der Waals surface area contributed by atoms with E-state index >= 15 is 0 Å². The molecule has 3 atom stereocenters. The summed E-state index contributed by atoms with van der Waals surface area (Å²) in [4.78, 5) is 32.8. The molecule has 0 bridgehead atoms. The molecule has 0 spiro atoms. The van der Waals surface area contributed by atoms with Gasteiger partial charge in [0, 0.05) is 0 Å². The minimum Gasteiger partial charge on any atom is -0.480 e. The van der Waals surface area contributed by atoms with Gasteiger partial charge in [0.25, 0.3) is 0 Å². The highest BCUT2D eigenvalue weighted by Crippen LogP contribution is 1.88. The monoisotopic (exact) mass is 247 g/mol. The van der Waals surface area contributed by atoms with E-state index in [-0.39, 0.29) is 0 Å². The van der Waals surface area contributed by atoms with Crippen LogP contribution < -0.4 is 16.4 Å². The molecule has 0 rings (SSSR count). The number of aliphatic carboxylic acids is 1. The van der Waals surface area contributed by atoms with Gasteiger partial charge < -0.3 is 26.6 Å². The summed E-state index contributed by atoms with van der Waals surface area (Å²) in [5, 5.41) is 21.9. The molecule has 0 radical (unpaired) electrons. The van der Waals surface area contributed by atoms with Gasteiger partial charge in [0.05, 0.1) is 12.6 Å². The molecule has 3 unspecified atom stereocenters. The molecule has 98 valence electrons. The zero-order valence-corrected chi connectivity index (χ0v) is 9.64. The molecule has 0 aromatic heterocycles. The zero-order chi connectivity index (χ0) is 13.6. The number of hydrogen-bond donors (Lipinski definition) is 5. The maximum atomic E-state index is 11.2. The van der Waals surface area contributed by atoms with Gasteiger partial charge in [0.1, 0.15) is 12.1 Å². The maximum absolute atomic E-state index is 11.2. The van der Waals surface area contributed by atoms with Crippen LogP contribution in [0.2, 0.25) is 0 Å². The number of carboxylic acid groups (broad SMARTS) is 1. The molecule has 17 heavy (non-hydrogen) atoms. The Morgan fingerprint density at radius 3 is 2.24 bits per heavy atom. The SMILES string of the molecule is CC(NC(=O)CNC(=O)C(N)C(C)O)C(=O)O. The minimum absolute atomic E-state index is 0.392. The van der Waals surface area contributed by atoms with E-state index in [0.29, 0.717) is 0 Å². The second-order valence-electron chi connectivity index (χ2n) is 3.61. The Morgan fingerprint density at radius 2 is 1.82 bits per heavy atom. The van der Waals surface area contributed by atoms with Gasteiger partial charge in [-0.3, -0.25) is 14.4 Å². The summed E-state index contributed by atoms with van der Waals surface area (Å²) in [5.74, 6) is -2.51. The summed E-state index contributed by atoms with van der Waals surface area (Å²) < 4.78 is 0. The summed E-state index contributed by atoms with van der Waals surface area (Å²) in [6.45, 7) is 2.25. The lowest BCUT2D eigenvalue weighted by Crippen LogP contribution is -2.50. The highest BCUT2D eigenvalue weighted by atomic mass is 16.4. The third kappa shape index (κ3) is 5.83. The molecule has 0 aromatic carbocycles. The number of aliphatic hydroxyl groups excluding tert-OH is 1. The van der Waals surface area contributed by atoms with Crippen LogP contribution in [-0.2, 0) is 14.4 Å². The Balaban J connectivity index is 4.00. The molecule has 6 N–H and O–H groups in total. The predicted octanol–water partition coefficient (Wildman–Crippen LogP) is -2.60. The van der Waals surface area contributed by atoms with E-state index < -0.39 is 42.5 Å². The van der Waals surface area contributed by atoms with E-state index in [1.807, 2.05) is 0 Å². The molecular weight excluding hydrogens is 230 g/mol. The fraction of sp³-hybridized carbons (Fsp3) is 0.667. The molecule has 0 aliphatic heterocycles. The van der Waals surface area contributed by atoms with Crippen molar-refractivity contribution in [3.8, 4) is 0 Å². The number of carboxylic acids is 1. The maximum Gasteiger partial charge on any atom is 0.325 e. The molecule has 0 fully saturated rings. The number of carbonyl (C=O) groups is 3. The van der Waals surface area contributed by atoms with E-state index in [4.69, 9.17) is 15.9 Å². The molecule has 0 saturated heterocycles. The predicted molar refractivity (Wildman–Crippen MR) is 57.9 cm³/mol. The third-order valence-corrected chi connectivity index (χ3v) is 1.99. The molecule has 8 nitrogen and oxygen atoms in total. The number of carbonyl (C=O) groups excluding carboxylic acids is 2.